The minimum atomic E-state index is -0.613. The number of piperidine rings is 1. The lowest BCUT2D eigenvalue weighted by molar-refractivity contribution is -0.153. The molecule has 1 N–H and O–H groups in total. The summed E-state index contributed by atoms with van der Waals surface area (Å²) in [7, 11) is 0. The second-order valence-corrected chi connectivity index (χ2v) is 6.58. The van der Waals surface area contributed by atoms with Crippen molar-refractivity contribution in [2.75, 3.05) is 13.1 Å². The lowest BCUT2D eigenvalue weighted by Gasteiger charge is -2.42. The fourth-order valence-corrected chi connectivity index (χ4v) is 3.99. The predicted molar refractivity (Wildman–Crippen MR) is 78.5 cm³/mol. The van der Waals surface area contributed by atoms with E-state index in [0.29, 0.717) is 12.6 Å². The van der Waals surface area contributed by atoms with Gasteiger partial charge in [0.15, 0.2) is 0 Å². The van der Waals surface area contributed by atoms with Gasteiger partial charge in [0, 0.05) is 17.5 Å². The number of carboxylic acids is 1. The number of likely N-dealkylation sites (tertiary alicyclic amines) is 1. The highest BCUT2D eigenvalue weighted by Crippen LogP contribution is 2.38. The van der Waals surface area contributed by atoms with Crippen molar-refractivity contribution in [1.29, 1.82) is 0 Å². The number of thiophene rings is 1. The van der Waals surface area contributed by atoms with Crippen LogP contribution in [0.15, 0.2) is 17.5 Å². The molecule has 0 saturated carbocycles. The summed E-state index contributed by atoms with van der Waals surface area (Å²) >= 11 is 1.76. The molecule has 0 spiro atoms. The molecule has 4 heteroatoms. The summed E-state index contributed by atoms with van der Waals surface area (Å²) in [4.78, 5) is 15.4. The summed E-state index contributed by atoms with van der Waals surface area (Å²) in [6.45, 7) is 5.97. The fraction of sp³-hybridized carbons (Fsp3) is 0.667. The van der Waals surface area contributed by atoms with Crippen LogP contribution >= 0.6 is 11.3 Å². The highest BCUT2D eigenvalue weighted by molar-refractivity contribution is 7.10. The van der Waals surface area contributed by atoms with Gasteiger partial charge in [-0.1, -0.05) is 19.4 Å². The van der Waals surface area contributed by atoms with Gasteiger partial charge >= 0.3 is 5.97 Å². The summed E-state index contributed by atoms with van der Waals surface area (Å²) in [6, 6.07) is 4.54. The van der Waals surface area contributed by atoms with Crippen LogP contribution < -0.4 is 0 Å². The van der Waals surface area contributed by atoms with Crippen molar-refractivity contribution in [3.63, 3.8) is 0 Å². The Morgan fingerprint density at radius 3 is 3.00 bits per heavy atom. The van der Waals surface area contributed by atoms with E-state index >= 15 is 0 Å². The zero-order valence-corrected chi connectivity index (χ0v) is 12.6. The predicted octanol–water partition coefficient (Wildman–Crippen LogP) is 3.78. The molecule has 0 aromatic carbocycles. The maximum Gasteiger partial charge on any atom is 0.310 e. The number of carboxylic acid groups (broad SMARTS) is 1. The van der Waals surface area contributed by atoms with Crippen molar-refractivity contribution < 1.29 is 9.90 Å². The van der Waals surface area contributed by atoms with Crippen molar-refractivity contribution in [1.82, 2.24) is 4.90 Å². The first-order chi connectivity index (χ1) is 9.09. The van der Waals surface area contributed by atoms with Crippen LogP contribution in [0.4, 0.5) is 0 Å². The van der Waals surface area contributed by atoms with E-state index in [9.17, 15) is 9.90 Å². The molecule has 2 unspecified atom stereocenters. The molecule has 19 heavy (non-hydrogen) atoms. The maximum atomic E-state index is 11.7. The Morgan fingerprint density at radius 1 is 1.63 bits per heavy atom. The third-order valence-corrected chi connectivity index (χ3v) is 5.33. The SMILES string of the molecule is CCCC1(C(=O)O)CCCN(C(C)c2cccs2)C1. The second kappa shape index (κ2) is 6.06. The first kappa shape index (κ1) is 14.5. The van der Waals surface area contributed by atoms with E-state index in [1.807, 2.05) is 0 Å². The van der Waals surface area contributed by atoms with E-state index in [1.54, 1.807) is 11.3 Å². The molecule has 2 heterocycles. The number of hydrogen-bond acceptors (Lipinski definition) is 3. The highest BCUT2D eigenvalue weighted by Gasteiger charge is 2.42. The Labute approximate surface area is 119 Å². The van der Waals surface area contributed by atoms with Crippen molar-refractivity contribution in [2.45, 2.75) is 45.6 Å². The Bertz CT molecular complexity index is 414. The minimum absolute atomic E-state index is 0.330. The molecule has 2 rings (SSSR count). The van der Waals surface area contributed by atoms with E-state index in [4.69, 9.17) is 0 Å². The molecule has 1 aliphatic heterocycles. The zero-order chi connectivity index (χ0) is 13.9. The van der Waals surface area contributed by atoms with Gasteiger partial charge in [0.1, 0.15) is 0 Å². The Balaban J connectivity index is 2.13. The van der Waals surface area contributed by atoms with Crippen LogP contribution in [0.3, 0.4) is 0 Å². The summed E-state index contributed by atoms with van der Waals surface area (Å²) in [5.74, 6) is -0.613. The molecule has 0 bridgehead atoms. The largest absolute Gasteiger partial charge is 0.481 e. The summed E-state index contributed by atoms with van der Waals surface area (Å²) in [6.07, 6.45) is 3.54. The minimum Gasteiger partial charge on any atom is -0.481 e. The van der Waals surface area contributed by atoms with Gasteiger partial charge in [-0.25, -0.2) is 0 Å². The third-order valence-electron chi connectivity index (χ3n) is 4.29. The Hall–Kier alpha value is -0.870. The van der Waals surface area contributed by atoms with Crippen LogP contribution in [0.1, 0.15) is 50.4 Å². The average Bonchev–Trinajstić information content (AvgIpc) is 2.92. The van der Waals surface area contributed by atoms with Gasteiger partial charge < -0.3 is 5.11 Å². The van der Waals surface area contributed by atoms with Gasteiger partial charge in [0.25, 0.3) is 0 Å². The van der Waals surface area contributed by atoms with Crippen molar-refractivity contribution >= 4 is 17.3 Å². The molecular formula is C15H23NO2S. The quantitative estimate of drug-likeness (QED) is 0.893. The monoisotopic (exact) mass is 281 g/mol. The van der Waals surface area contributed by atoms with Gasteiger partial charge in [-0.15, -0.1) is 11.3 Å². The molecule has 1 aromatic rings. The topological polar surface area (TPSA) is 40.5 Å². The van der Waals surface area contributed by atoms with E-state index in [0.717, 1.165) is 32.2 Å². The van der Waals surface area contributed by atoms with Crippen LogP contribution in [-0.4, -0.2) is 29.1 Å². The van der Waals surface area contributed by atoms with Crippen LogP contribution in [0.5, 0.6) is 0 Å². The summed E-state index contributed by atoms with van der Waals surface area (Å²) in [5.41, 5.74) is -0.529. The zero-order valence-electron chi connectivity index (χ0n) is 11.8. The van der Waals surface area contributed by atoms with Crippen LogP contribution in [0.2, 0.25) is 0 Å². The third kappa shape index (κ3) is 3.00. The van der Waals surface area contributed by atoms with E-state index in [1.165, 1.54) is 4.88 Å². The first-order valence-electron chi connectivity index (χ1n) is 7.10. The maximum absolute atomic E-state index is 11.7. The smallest absolute Gasteiger partial charge is 0.310 e. The van der Waals surface area contributed by atoms with E-state index < -0.39 is 11.4 Å². The Morgan fingerprint density at radius 2 is 2.42 bits per heavy atom. The molecule has 0 amide bonds. The molecule has 1 aliphatic rings. The van der Waals surface area contributed by atoms with Crippen molar-refractivity contribution in [3.05, 3.63) is 22.4 Å². The van der Waals surface area contributed by atoms with Crippen LogP contribution in [-0.2, 0) is 4.79 Å². The molecule has 0 radical (unpaired) electrons. The number of carbonyl (C=O) groups is 1. The van der Waals surface area contributed by atoms with Gasteiger partial charge in [0.2, 0.25) is 0 Å². The van der Waals surface area contributed by atoms with Crippen molar-refractivity contribution in [3.8, 4) is 0 Å². The fourth-order valence-electron chi connectivity index (χ4n) is 3.17. The van der Waals surface area contributed by atoms with Gasteiger partial charge in [0.05, 0.1) is 5.41 Å². The molecule has 3 nitrogen and oxygen atoms in total. The lowest BCUT2D eigenvalue weighted by atomic mass is 9.76. The molecule has 1 saturated heterocycles. The number of rotatable bonds is 5. The molecule has 2 atom stereocenters. The van der Waals surface area contributed by atoms with Crippen molar-refractivity contribution in [2.24, 2.45) is 5.41 Å². The average molecular weight is 281 g/mol. The molecular weight excluding hydrogens is 258 g/mol. The van der Waals surface area contributed by atoms with E-state index in [2.05, 4.69) is 36.3 Å². The normalized spacial score (nSPS) is 26.2. The summed E-state index contributed by atoms with van der Waals surface area (Å²) < 4.78 is 0. The highest BCUT2D eigenvalue weighted by atomic mass is 32.1. The van der Waals surface area contributed by atoms with Gasteiger partial charge in [-0.3, -0.25) is 9.69 Å². The standard InChI is InChI=1S/C15H23NO2S/c1-3-7-15(14(17)18)8-5-9-16(11-15)12(2)13-6-4-10-19-13/h4,6,10,12H,3,5,7-9,11H2,1-2H3,(H,17,18). The molecule has 1 aromatic heterocycles. The van der Waals surface area contributed by atoms with E-state index in [-0.39, 0.29) is 0 Å². The summed E-state index contributed by atoms with van der Waals surface area (Å²) in [5, 5.41) is 11.7. The molecule has 1 fully saturated rings. The number of nitrogens with zero attached hydrogens (tertiary/aromatic N) is 1. The van der Waals surface area contributed by atoms with Crippen LogP contribution in [0.25, 0.3) is 0 Å². The second-order valence-electron chi connectivity index (χ2n) is 5.60. The van der Waals surface area contributed by atoms with Gasteiger partial charge in [-0.05, 0) is 44.2 Å². The number of hydrogen-bond donors (Lipinski definition) is 1. The Kier molecular flexibility index (Phi) is 4.63. The van der Waals surface area contributed by atoms with Gasteiger partial charge in [-0.2, -0.15) is 0 Å². The first-order valence-corrected chi connectivity index (χ1v) is 7.98. The number of aliphatic carboxylic acids is 1. The molecule has 0 aliphatic carbocycles. The molecule has 106 valence electrons. The lowest BCUT2D eigenvalue weighted by Crippen LogP contribution is -2.48. The van der Waals surface area contributed by atoms with Crippen LogP contribution in [0, 0.1) is 5.41 Å².